The zero-order chi connectivity index (χ0) is 19.3. The van der Waals surface area contributed by atoms with Gasteiger partial charge in [0.05, 0.1) is 23.7 Å². The molecule has 3 N–H and O–H groups in total. The zero-order valence-electron chi connectivity index (χ0n) is 14.9. The van der Waals surface area contributed by atoms with Gasteiger partial charge in [0.1, 0.15) is 11.6 Å². The van der Waals surface area contributed by atoms with E-state index in [0.717, 1.165) is 12.2 Å². The number of hydrogen-bond donors (Lipinski definition) is 3. The second-order valence-corrected chi connectivity index (χ2v) is 7.91. The molecule has 0 saturated heterocycles. The maximum absolute atomic E-state index is 12.4. The Morgan fingerprint density at radius 2 is 2.15 bits per heavy atom. The van der Waals surface area contributed by atoms with Crippen LogP contribution < -0.4 is 15.4 Å². The Balaban J connectivity index is 1.59. The molecule has 8 nitrogen and oxygen atoms in total. The maximum atomic E-state index is 12.4. The molecule has 0 bridgehead atoms. The molecule has 27 heavy (non-hydrogen) atoms. The number of amides is 1. The molecule has 0 radical (unpaired) electrons. The Morgan fingerprint density at radius 1 is 1.30 bits per heavy atom. The number of carbonyl (C=O) groups is 1. The van der Waals surface area contributed by atoms with Gasteiger partial charge in [-0.1, -0.05) is 6.07 Å². The summed E-state index contributed by atoms with van der Waals surface area (Å²) < 4.78 is 32.7. The first-order valence-electron chi connectivity index (χ1n) is 8.67. The molecule has 1 amide bonds. The molecule has 1 aliphatic rings. The molecule has 0 spiro atoms. The van der Waals surface area contributed by atoms with E-state index in [1.54, 1.807) is 24.5 Å². The number of carbonyl (C=O) groups excluding carboxylic acids is 1. The Labute approximate surface area is 158 Å². The average Bonchev–Trinajstić information content (AvgIpc) is 3.33. The lowest BCUT2D eigenvalue weighted by atomic mass is 10.2. The fourth-order valence-corrected chi connectivity index (χ4v) is 3.80. The van der Waals surface area contributed by atoms with Crippen LogP contribution in [0.2, 0.25) is 0 Å². The number of aliphatic imine (C=N–C) groups is 1. The molecular formula is C18H22N4O4S. The third kappa shape index (κ3) is 5.18. The normalized spacial score (nSPS) is 15.2. The topological polar surface area (TPSA) is 113 Å². The van der Waals surface area contributed by atoms with Crippen LogP contribution in [0.1, 0.15) is 31.6 Å². The number of nitrogens with one attached hydrogen (secondary N) is 3. The lowest BCUT2D eigenvalue weighted by Gasteiger charge is -2.12. The highest BCUT2D eigenvalue weighted by Gasteiger charge is 2.19. The Morgan fingerprint density at radius 3 is 2.85 bits per heavy atom. The van der Waals surface area contributed by atoms with E-state index in [1.165, 1.54) is 12.1 Å². The van der Waals surface area contributed by atoms with Crippen LogP contribution in [0.15, 0.2) is 57.0 Å². The van der Waals surface area contributed by atoms with Gasteiger partial charge in [-0.15, -0.1) is 0 Å². The molecule has 9 heteroatoms. The van der Waals surface area contributed by atoms with Crippen LogP contribution in [-0.2, 0) is 14.8 Å². The summed E-state index contributed by atoms with van der Waals surface area (Å²) in [5, 5.41) is 5.74. The van der Waals surface area contributed by atoms with E-state index in [9.17, 15) is 13.2 Å². The average molecular weight is 390 g/mol. The van der Waals surface area contributed by atoms with E-state index in [0.29, 0.717) is 24.5 Å². The second-order valence-electron chi connectivity index (χ2n) is 6.23. The van der Waals surface area contributed by atoms with Crippen molar-refractivity contribution in [3.8, 4) is 0 Å². The monoisotopic (exact) mass is 390 g/mol. The van der Waals surface area contributed by atoms with Crippen LogP contribution >= 0.6 is 0 Å². The van der Waals surface area contributed by atoms with E-state index in [2.05, 4.69) is 20.3 Å². The maximum Gasteiger partial charge on any atom is 0.262 e. The molecule has 1 aromatic carbocycles. The van der Waals surface area contributed by atoms with Crippen molar-refractivity contribution < 1.29 is 17.6 Å². The third-order valence-corrected chi connectivity index (χ3v) is 5.47. The van der Waals surface area contributed by atoms with Gasteiger partial charge in [-0.25, -0.2) is 8.42 Å². The zero-order valence-corrected chi connectivity index (χ0v) is 15.8. The molecule has 144 valence electrons. The van der Waals surface area contributed by atoms with Crippen LogP contribution in [-0.4, -0.2) is 33.3 Å². The number of benzene rings is 1. The number of anilines is 1. The molecule has 1 atom stereocenters. The Hall–Kier alpha value is -2.65. The van der Waals surface area contributed by atoms with Crippen LogP contribution in [0.4, 0.5) is 5.69 Å². The Bertz CT molecular complexity index is 923. The van der Waals surface area contributed by atoms with Gasteiger partial charge in [0.2, 0.25) is 5.91 Å². The summed E-state index contributed by atoms with van der Waals surface area (Å²) >= 11 is 0. The van der Waals surface area contributed by atoms with E-state index in [-0.39, 0.29) is 23.4 Å². The minimum absolute atomic E-state index is 0.0634. The standard InChI is InChI=1S/C18H22N4O4S/c1-13(16-7-4-10-26-16)20-12-18(23)21-14-5-2-6-15(11-14)27(24,25)22-17-8-3-9-19-17/h2,4-7,10-11,13,20H,3,8-9,12H2,1H3,(H,19,22)(H,21,23)/t13-/m0/s1. The molecule has 0 aliphatic carbocycles. The first-order valence-corrected chi connectivity index (χ1v) is 10.2. The lowest BCUT2D eigenvalue weighted by Crippen LogP contribution is -2.30. The van der Waals surface area contributed by atoms with Crippen molar-refractivity contribution in [1.29, 1.82) is 0 Å². The van der Waals surface area contributed by atoms with E-state index in [4.69, 9.17) is 4.42 Å². The second kappa shape index (κ2) is 8.36. The van der Waals surface area contributed by atoms with Crippen LogP contribution in [0, 0.1) is 0 Å². The fourth-order valence-electron chi connectivity index (χ4n) is 2.67. The van der Waals surface area contributed by atoms with Gasteiger partial charge in [-0.05, 0) is 43.7 Å². The predicted molar refractivity (Wildman–Crippen MR) is 102 cm³/mol. The minimum atomic E-state index is -3.72. The summed E-state index contributed by atoms with van der Waals surface area (Å²) in [6, 6.07) is 9.61. The predicted octanol–water partition coefficient (Wildman–Crippen LogP) is 2.04. The summed E-state index contributed by atoms with van der Waals surface area (Å²) in [6.07, 6.45) is 3.04. The smallest absolute Gasteiger partial charge is 0.262 e. The highest BCUT2D eigenvalue weighted by atomic mass is 32.2. The van der Waals surface area contributed by atoms with Gasteiger partial charge < -0.3 is 9.73 Å². The summed E-state index contributed by atoms with van der Waals surface area (Å²) in [4.78, 5) is 16.3. The molecular weight excluding hydrogens is 368 g/mol. The summed E-state index contributed by atoms with van der Waals surface area (Å²) in [7, 11) is -3.72. The number of rotatable bonds is 7. The highest BCUT2D eigenvalue weighted by molar-refractivity contribution is 7.90. The minimum Gasteiger partial charge on any atom is -0.468 e. The first-order chi connectivity index (χ1) is 12.9. The van der Waals surface area contributed by atoms with Crippen LogP contribution in [0.3, 0.4) is 0 Å². The third-order valence-electron chi connectivity index (χ3n) is 4.09. The van der Waals surface area contributed by atoms with Gasteiger partial charge in [-0.2, -0.15) is 0 Å². The molecule has 2 heterocycles. The summed E-state index contributed by atoms with van der Waals surface area (Å²) in [5.74, 6) is 0.924. The van der Waals surface area contributed by atoms with Gasteiger partial charge in [0.15, 0.2) is 0 Å². The van der Waals surface area contributed by atoms with Gasteiger partial charge >= 0.3 is 0 Å². The molecule has 0 fully saturated rings. The van der Waals surface area contributed by atoms with Crippen LogP contribution in [0.5, 0.6) is 0 Å². The lowest BCUT2D eigenvalue weighted by molar-refractivity contribution is -0.115. The summed E-state index contributed by atoms with van der Waals surface area (Å²) in [5.41, 5.74) is 0.406. The van der Waals surface area contributed by atoms with Crippen molar-refractivity contribution in [2.75, 3.05) is 18.4 Å². The van der Waals surface area contributed by atoms with E-state index >= 15 is 0 Å². The molecule has 1 aliphatic heterocycles. The van der Waals surface area contributed by atoms with Gasteiger partial charge in [0, 0.05) is 18.7 Å². The molecule has 3 rings (SSSR count). The van der Waals surface area contributed by atoms with Crippen LogP contribution in [0.25, 0.3) is 0 Å². The number of hydrogen-bond acceptors (Lipinski definition) is 6. The van der Waals surface area contributed by atoms with Crippen molar-refractivity contribution in [2.45, 2.75) is 30.7 Å². The number of sulfonamides is 1. The van der Waals surface area contributed by atoms with Crippen molar-refractivity contribution in [1.82, 2.24) is 10.0 Å². The molecule has 2 aromatic rings. The molecule has 0 unspecified atom stereocenters. The SMILES string of the molecule is C[C@H](NCC(=O)Nc1cccc(S(=O)(=O)NC2=NCCC2)c1)c1ccco1. The van der Waals surface area contributed by atoms with Gasteiger partial charge in [0.25, 0.3) is 10.0 Å². The Kier molecular flexibility index (Phi) is 5.92. The largest absolute Gasteiger partial charge is 0.468 e. The van der Waals surface area contributed by atoms with E-state index in [1.807, 2.05) is 13.0 Å². The number of amidine groups is 1. The summed E-state index contributed by atoms with van der Waals surface area (Å²) in [6.45, 7) is 2.59. The number of furan rings is 1. The van der Waals surface area contributed by atoms with Crippen molar-refractivity contribution in [3.63, 3.8) is 0 Å². The molecule has 1 aromatic heterocycles. The van der Waals surface area contributed by atoms with Crippen molar-refractivity contribution in [2.24, 2.45) is 4.99 Å². The van der Waals surface area contributed by atoms with Gasteiger partial charge in [-0.3, -0.25) is 19.8 Å². The first kappa shape index (κ1) is 19.1. The van der Waals surface area contributed by atoms with E-state index < -0.39 is 10.0 Å². The molecule has 0 saturated carbocycles. The fraction of sp³-hybridized carbons (Fsp3) is 0.333. The number of nitrogens with zero attached hydrogens (tertiary/aromatic N) is 1. The van der Waals surface area contributed by atoms with Crippen molar-refractivity contribution in [3.05, 3.63) is 48.4 Å². The quantitative estimate of drug-likeness (QED) is 0.670. The highest BCUT2D eigenvalue weighted by Crippen LogP contribution is 2.17. The van der Waals surface area contributed by atoms with Crippen molar-refractivity contribution >= 4 is 27.5 Å².